The van der Waals surface area contributed by atoms with E-state index in [1.165, 1.54) is 31.2 Å². The van der Waals surface area contributed by atoms with Gasteiger partial charge in [0.05, 0.1) is 18.9 Å². The van der Waals surface area contributed by atoms with Crippen molar-refractivity contribution in [2.45, 2.75) is 54.2 Å². The Morgan fingerprint density at radius 3 is 2.45 bits per heavy atom. The molecule has 3 fully saturated rings. The second kappa shape index (κ2) is 10.1. The van der Waals surface area contributed by atoms with E-state index in [0.717, 1.165) is 4.90 Å². The molecule has 2 aliphatic heterocycles. The van der Waals surface area contributed by atoms with Gasteiger partial charge in [-0.25, -0.2) is 0 Å². The normalized spacial score (nSPS) is 33.0. The Balaban J connectivity index is 1.53. The summed E-state index contributed by atoms with van der Waals surface area (Å²) >= 11 is 14.2. The molecule has 0 bridgehead atoms. The number of hydrogen-bond donors (Lipinski definition) is 2. The summed E-state index contributed by atoms with van der Waals surface area (Å²) in [4.78, 5) is 63.2. The summed E-state index contributed by atoms with van der Waals surface area (Å²) in [5.41, 5.74) is 1.06. The van der Waals surface area contributed by atoms with E-state index >= 15 is 0 Å². The van der Waals surface area contributed by atoms with Crippen molar-refractivity contribution in [1.82, 2.24) is 9.80 Å². The minimum Gasteiger partial charge on any atom is -0.504 e. The highest BCUT2D eigenvalue weighted by atomic mass is 35.5. The largest absolute Gasteiger partial charge is 0.504 e. The number of phenols is 1. The van der Waals surface area contributed by atoms with Crippen LogP contribution in [0.5, 0.6) is 11.5 Å². The third-order valence-corrected chi connectivity index (χ3v) is 10.3. The Bertz CT molecular complexity index is 1350. The van der Waals surface area contributed by atoms with Crippen molar-refractivity contribution in [2.75, 3.05) is 20.7 Å². The fourth-order valence-electron chi connectivity index (χ4n) is 7.01. The predicted molar refractivity (Wildman–Crippen MR) is 143 cm³/mol. The number of carboxylic acid groups (broad SMARTS) is 1. The van der Waals surface area contributed by atoms with Crippen LogP contribution in [0.4, 0.5) is 0 Å². The number of aliphatic carboxylic acids is 1. The minimum atomic E-state index is -1.92. The zero-order valence-corrected chi connectivity index (χ0v) is 23.6. The summed E-state index contributed by atoms with van der Waals surface area (Å²) in [6.07, 6.45) is 3.46. The molecule has 12 heteroatoms. The smallest absolute Gasteiger partial charge is 0.303 e. The Kier molecular flexibility index (Phi) is 7.15. The molecule has 5 rings (SSSR count). The number of likely N-dealkylation sites (tertiary alicyclic amines) is 2. The van der Waals surface area contributed by atoms with Crippen molar-refractivity contribution in [1.29, 1.82) is 0 Å². The number of ether oxygens (including phenoxy) is 1. The lowest BCUT2D eigenvalue weighted by molar-refractivity contribution is -0.141. The molecule has 1 aromatic rings. The number of rotatable bonds is 8. The molecule has 2 aliphatic carbocycles. The first kappa shape index (κ1) is 28.4. The van der Waals surface area contributed by atoms with Gasteiger partial charge in [0, 0.05) is 25.9 Å². The average molecular weight is 593 g/mol. The summed E-state index contributed by atoms with van der Waals surface area (Å²) in [7, 11) is 2.72. The molecule has 0 aromatic heterocycles. The monoisotopic (exact) mass is 592 g/mol. The number of halogens is 2. The molecule has 2 heterocycles. The van der Waals surface area contributed by atoms with Crippen LogP contribution in [0.25, 0.3) is 0 Å². The number of unbranched alkanes of at least 4 members (excludes halogenated alkanes) is 2. The highest BCUT2D eigenvalue weighted by Crippen LogP contribution is 2.65. The van der Waals surface area contributed by atoms with Gasteiger partial charge >= 0.3 is 5.97 Å². The number of benzene rings is 1. The molecule has 0 spiro atoms. The summed E-state index contributed by atoms with van der Waals surface area (Å²) in [5.74, 6) is -5.94. The van der Waals surface area contributed by atoms with E-state index in [4.69, 9.17) is 33.0 Å². The fourth-order valence-corrected chi connectivity index (χ4v) is 8.03. The summed E-state index contributed by atoms with van der Waals surface area (Å²) in [6.45, 7) is 0.174. The number of alkyl halides is 2. The van der Waals surface area contributed by atoms with Gasteiger partial charge in [0.15, 0.2) is 21.2 Å². The van der Waals surface area contributed by atoms with Crippen LogP contribution in [-0.2, 0) is 24.0 Å². The topological polar surface area (TPSA) is 142 Å². The minimum absolute atomic E-state index is 0.0178. The number of carboxylic acids is 1. The molecule has 40 heavy (non-hydrogen) atoms. The lowest BCUT2D eigenvalue weighted by atomic mass is 9.56. The zero-order valence-electron chi connectivity index (χ0n) is 22.1. The number of nitrogens with zero attached hydrogens (tertiary/aromatic N) is 2. The number of fused-ring (bicyclic) bond motifs is 4. The van der Waals surface area contributed by atoms with E-state index in [0.29, 0.717) is 30.4 Å². The average Bonchev–Trinajstić information content (AvgIpc) is 3.23. The number of hydrogen-bond acceptors (Lipinski definition) is 7. The molecule has 0 radical (unpaired) electrons. The number of methoxy groups -OCH3 is 1. The van der Waals surface area contributed by atoms with E-state index in [1.54, 1.807) is 6.07 Å². The van der Waals surface area contributed by atoms with E-state index in [2.05, 4.69) is 0 Å². The van der Waals surface area contributed by atoms with Gasteiger partial charge in [-0.3, -0.25) is 33.8 Å². The number of allylic oxidation sites excluding steroid dienone is 2. The number of carbonyl (C=O) groups excluding carboxylic acids is 4. The number of phenolic OH excluding ortho intramolecular Hbond substituents is 1. The quantitative estimate of drug-likeness (QED) is 0.203. The van der Waals surface area contributed by atoms with Gasteiger partial charge in [0.1, 0.15) is 0 Å². The van der Waals surface area contributed by atoms with Crippen LogP contribution in [-0.4, -0.2) is 80.1 Å². The van der Waals surface area contributed by atoms with Gasteiger partial charge in [-0.1, -0.05) is 24.1 Å². The van der Waals surface area contributed by atoms with E-state index in [-0.39, 0.29) is 49.1 Å². The SMILES string of the molecule is COc1ccc([C@H]2C3=CC[C@@H]4C(=O)N(CCCCCC(=O)O)C(=O)[C@@H]4[C@@H]3C[C@@]3(Cl)C(=O)N(C)C(=O)[C@@]23Cl)cc1O. The number of amides is 4. The zero-order chi connectivity index (χ0) is 29.1. The van der Waals surface area contributed by atoms with Crippen LogP contribution in [0.3, 0.4) is 0 Å². The van der Waals surface area contributed by atoms with Crippen molar-refractivity contribution in [3.05, 3.63) is 35.4 Å². The standard InChI is InChI=1S/C28H30Cl2N2O8/c1-31-25(38)27(29)13-17-15(22(28(27,30)26(31)39)14-7-10-19(40-2)18(33)12-14)8-9-16-21(17)24(37)32(23(16)36)11-5-3-4-6-20(34)35/h7-8,10,12,16-17,21-22,33H,3-6,9,11,13H2,1-2H3,(H,34,35)/t16-,17+,21-,22-,27+,28-/m0/s1. The Labute approximate surface area is 240 Å². The van der Waals surface area contributed by atoms with Crippen LogP contribution in [0, 0.1) is 17.8 Å². The third-order valence-electron chi connectivity index (χ3n) is 8.91. The highest BCUT2D eigenvalue weighted by Gasteiger charge is 2.75. The van der Waals surface area contributed by atoms with Gasteiger partial charge < -0.3 is 14.9 Å². The van der Waals surface area contributed by atoms with Crippen LogP contribution in [0.1, 0.15) is 50.0 Å². The molecule has 2 N–H and O–H groups in total. The molecule has 10 nitrogen and oxygen atoms in total. The predicted octanol–water partition coefficient (Wildman–Crippen LogP) is 3.03. The number of imide groups is 2. The van der Waals surface area contributed by atoms with Crippen LogP contribution in [0.15, 0.2) is 29.8 Å². The molecule has 1 saturated carbocycles. The second-order valence-electron chi connectivity index (χ2n) is 11.0. The lowest BCUT2D eigenvalue weighted by Gasteiger charge is -2.50. The summed E-state index contributed by atoms with van der Waals surface area (Å²) in [5, 5.41) is 19.4. The van der Waals surface area contributed by atoms with Crippen molar-refractivity contribution >= 4 is 52.8 Å². The van der Waals surface area contributed by atoms with Gasteiger partial charge in [0.25, 0.3) is 11.8 Å². The van der Waals surface area contributed by atoms with E-state index in [1.807, 2.05) is 6.08 Å². The van der Waals surface area contributed by atoms with Gasteiger partial charge in [-0.15, -0.1) is 23.2 Å². The Morgan fingerprint density at radius 1 is 1.07 bits per heavy atom. The molecular formula is C28H30Cl2N2O8. The maximum Gasteiger partial charge on any atom is 0.303 e. The third kappa shape index (κ3) is 3.94. The van der Waals surface area contributed by atoms with Crippen LogP contribution < -0.4 is 4.74 Å². The Hall–Kier alpha value is -3.11. The highest BCUT2D eigenvalue weighted by molar-refractivity contribution is 6.53. The summed E-state index contributed by atoms with van der Waals surface area (Å²) < 4.78 is 5.16. The first-order valence-corrected chi connectivity index (χ1v) is 14.0. The molecule has 214 valence electrons. The molecule has 6 atom stereocenters. The van der Waals surface area contributed by atoms with Crippen LogP contribution in [0.2, 0.25) is 0 Å². The molecular weight excluding hydrogens is 563 g/mol. The molecule has 0 unspecified atom stereocenters. The first-order chi connectivity index (χ1) is 18.9. The van der Waals surface area contributed by atoms with Gasteiger partial charge in [-0.2, -0.15) is 0 Å². The van der Waals surface area contributed by atoms with Crippen molar-refractivity contribution in [2.24, 2.45) is 17.8 Å². The maximum absolute atomic E-state index is 13.7. The van der Waals surface area contributed by atoms with Gasteiger partial charge in [-0.05, 0) is 49.3 Å². The summed E-state index contributed by atoms with van der Waals surface area (Å²) in [6, 6.07) is 4.58. The number of aromatic hydroxyl groups is 1. The Morgan fingerprint density at radius 2 is 1.80 bits per heavy atom. The van der Waals surface area contributed by atoms with Crippen molar-refractivity contribution in [3.63, 3.8) is 0 Å². The van der Waals surface area contributed by atoms with Crippen LogP contribution >= 0.6 is 23.2 Å². The van der Waals surface area contributed by atoms with Crippen molar-refractivity contribution in [3.8, 4) is 11.5 Å². The molecule has 2 saturated heterocycles. The first-order valence-electron chi connectivity index (χ1n) is 13.2. The molecule has 4 amide bonds. The lowest BCUT2D eigenvalue weighted by Crippen LogP contribution is -2.60. The molecule has 1 aromatic carbocycles. The van der Waals surface area contributed by atoms with E-state index in [9.17, 15) is 29.1 Å². The fraction of sp³-hybridized carbons (Fsp3) is 0.536. The van der Waals surface area contributed by atoms with E-state index < -0.39 is 51.2 Å². The van der Waals surface area contributed by atoms with Gasteiger partial charge in [0.2, 0.25) is 11.8 Å². The molecule has 4 aliphatic rings. The number of carbonyl (C=O) groups is 5. The second-order valence-corrected chi connectivity index (χ2v) is 12.2. The maximum atomic E-state index is 13.7. The van der Waals surface area contributed by atoms with Crippen molar-refractivity contribution < 1.29 is 38.9 Å².